The van der Waals surface area contributed by atoms with Crippen molar-refractivity contribution in [3.05, 3.63) is 98.9 Å². The summed E-state index contributed by atoms with van der Waals surface area (Å²) in [4.78, 5) is 29.2. The molecular weight excluding hydrogens is 646 g/mol. The Kier molecular flexibility index (Phi) is 11.1. The van der Waals surface area contributed by atoms with Crippen LogP contribution in [0.25, 0.3) is 0 Å². The molecule has 0 aliphatic rings. The van der Waals surface area contributed by atoms with Crippen LogP contribution >= 0.6 is 31.9 Å². The van der Waals surface area contributed by atoms with Crippen molar-refractivity contribution >= 4 is 59.4 Å². The molecule has 3 rings (SSSR count). The number of nitrogens with one attached hydrogen (secondary N) is 1. The van der Waals surface area contributed by atoms with Gasteiger partial charge >= 0.3 is 0 Å². The lowest BCUT2D eigenvalue weighted by Gasteiger charge is -2.34. The van der Waals surface area contributed by atoms with Crippen LogP contribution in [0.3, 0.4) is 0 Å². The van der Waals surface area contributed by atoms with Gasteiger partial charge in [-0.05, 0) is 64.7 Å². The molecule has 39 heavy (non-hydrogen) atoms. The van der Waals surface area contributed by atoms with Crippen molar-refractivity contribution in [2.75, 3.05) is 17.1 Å². The summed E-state index contributed by atoms with van der Waals surface area (Å²) in [5.74, 6) is -0.773. The normalized spacial score (nSPS) is 12.8. The Labute approximate surface area is 247 Å². The summed E-state index contributed by atoms with van der Waals surface area (Å²) in [5.41, 5.74) is 2.05. The van der Waals surface area contributed by atoms with E-state index in [0.717, 1.165) is 32.6 Å². The van der Waals surface area contributed by atoms with Crippen molar-refractivity contribution in [3.8, 4) is 0 Å². The van der Waals surface area contributed by atoms with Crippen LogP contribution in [-0.4, -0.2) is 50.0 Å². The molecule has 2 amide bonds. The van der Waals surface area contributed by atoms with Crippen molar-refractivity contribution in [1.29, 1.82) is 0 Å². The predicted molar refractivity (Wildman–Crippen MR) is 163 cm³/mol. The third-order valence-corrected chi connectivity index (χ3v) is 8.66. The molecule has 0 heterocycles. The third kappa shape index (κ3) is 8.91. The van der Waals surface area contributed by atoms with Crippen molar-refractivity contribution in [2.45, 2.75) is 45.3 Å². The number of para-hydroxylation sites is 1. The molecule has 0 radical (unpaired) electrons. The number of hydrogen-bond donors (Lipinski definition) is 1. The van der Waals surface area contributed by atoms with E-state index in [9.17, 15) is 18.0 Å². The van der Waals surface area contributed by atoms with Crippen LogP contribution in [0, 0.1) is 0 Å². The number of hydrogen-bond acceptors (Lipinski definition) is 4. The molecule has 10 heteroatoms. The smallest absolute Gasteiger partial charge is 0.244 e. The second kappa shape index (κ2) is 14.1. The minimum absolute atomic E-state index is 0.0896. The van der Waals surface area contributed by atoms with E-state index in [1.165, 1.54) is 4.90 Å². The SMILES string of the molecule is CC[C@H](C)NC(=O)[C@H](Cc1ccccc1)N(Cc1ccc(Br)cc1)C(=O)CN(c1ccccc1Br)S(C)(=O)=O. The van der Waals surface area contributed by atoms with E-state index in [1.807, 2.05) is 68.4 Å². The highest BCUT2D eigenvalue weighted by atomic mass is 79.9. The zero-order chi connectivity index (χ0) is 28.6. The Balaban J connectivity index is 2.06. The van der Waals surface area contributed by atoms with Gasteiger partial charge in [0.25, 0.3) is 0 Å². The van der Waals surface area contributed by atoms with Crippen molar-refractivity contribution in [3.63, 3.8) is 0 Å². The Bertz CT molecular complexity index is 1370. The van der Waals surface area contributed by atoms with E-state index >= 15 is 0 Å². The van der Waals surface area contributed by atoms with Crippen LogP contribution in [0.2, 0.25) is 0 Å². The lowest BCUT2D eigenvalue weighted by molar-refractivity contribution is -0.140. The highest BCUT2D eigenvalue weighted by Gasteiger charge is 2.33. The molecule has 0 aromatic heterocycles. The number of rotatable bonds is 12. The largest absolute Gasteiger partial charge is 0.352 e. The molecule has 0 aliphatic carbocycles. The van der Waals surface area contributed by atoms with Gasteiger partial charge in [-0.3, -0.25) is 13.9 Å². The summed E-state index contributed by atoms with van der Waals surface area (Å²) < 4.78 is 28.2. The summed E-state index contributed by atoms with van der Waals surface area (Å²) in [6, 6.07) is 22.9. The van der Waals surface area contributed by atoms with Crippen molar-refractivity contribution in [2.24, 2.45) is 0 Å². The van der Waals surface area contributed by atoms with Gasteiger partial charge < -0.3 is 10.2 Å². The molecular formula is C29H33Br2N3O4S. The molecule has 0 saturated carbocycles. The fraction of sp³-hybridized carbons (Fsp3) is 0.310. The highest BCUT2D eigenvalue weighted by molar-refractivity contribution is 9.10. The number of nitrogens with zero attached hydrogens (tertiary/aromatic N) is 2. The zero-order valence-electron chi connectivity index (χ0n) is 22.2. The average molecular weight is 679 g/mol. The molecule has 208 valence electrons. The molecule has 3 aromatic carbocycles. The first-order valence-corrected chi connectivity index (χ1v) is 16.0. The van der Waals surface area contributed by atoms with Crippen molar-refractivity contribution < 1.29 is 18.0 Å². The van der Waals surface area contributed by atoms with Gasteiger partial charge in [0, 0.05) is 28.0 Å². The van der Waals surface area contributed by atoms with Crippen LogP contribution in [0.15, 0.2) is 87.8 Å². The van der Waals surface area contributed by atoms with Crippen LogP contribution in [0.5, 0.6) is 0 Å². The molecule has 0 bridgehead atoms. The molecule has 7 nitrogen and oxygen atoms in total. The van der Waals surface area contributed by atoms with Crippen LogP contribution in [-0.2, 0) is 32.6 Å². The minimum atomic E-state index is -3.83. The van der Waals surface area contributed by atoms with Gasteiger partial charge in [-0.25, -0.2) is 8.42 Å². The van der Waals surface area contributed by atoms with Gasteiger partial charge in [0.2, 0.25) is 21.8 Å². The van der Waals surface area contributed by atoms with Gasteiger partial charge in [-0.15, -0.1) is 0 Å². The van der Waals surface area contributed by atoms with Gasteiger partial charge in [0.1, 0.15) is 12.6 Å². The van der Waals surface area contributed by atoms with E-state index < -0.39 is 28.5 Å². The predicted octanol–water partition coefficient (Wildman–Crippen LogP) is 5.53. The zero-order valence-corrected chi connectivity index (χ0v) is 26.2. The Morgan fingerprint density at radius 1 is 0.897 bits per heavy atom. The summed E-state index contributed by atoms with van der Waals surface area (Å²) in [6.45, 7) is 3.56. The molecule has 0 aliphatic heterocycles. The third-order valence-electron chi connectivity index (χ3n) is 6.34. The summed E-state index contributed by atoms with van der Waals surface area (Å²) in [5, 5.41) is 3.02. The molecule has 3 aromatic rings. The maximum atomic E-state index is 14.1. The van der Waals surface area contributed by atoms with E-state index in [-0.39, 0.29) is 24.9 Å². The molecule has 0 fully saturated rings. The molecule has 0 spiro atoms. The number of halogens is 2. The Hall–Kier alpha value is -2.69. The Morgan fingerprint density at radius 3 is 2.10 bits per heavy atom. The van der Waals surface area contributed by atoms with E-state index in [2.05, 4.69) is 37.2 Å². The first-order valence-electron chi connectivity index (χ1n) is 12.6. The number of sulfonamides is 1. The van der Waals surface area contributed by atoms with Crippen molar-refractivity contribution in [1.82, 2.24) is 10.2 Å². The summed E-state index contributed by atoms with van der Waals surface area (Å²) >= 11 is 6.85. The maximum Gasteiger partial charge on any atom is 0.244 e. The quantitative estimate of drug-likeness (QED) is 0.273. The van der Waals surface area contributed by atoms with Crippen LogP contribution in [0.4, 0.5) is 5.69 Å². The molecule has 0 saturated heterocycles. The highest BCUT2D eigenvalue weighted by Crippen LogP contribution is 2.28. The molecule has 2 atom stereocenters. The van der Waals surface area contributed by atoms with E-state index in [4.69, 9.17) is 0 Å². The summed E-state index contributed by atoms with van der Waals surface area (Å²) in [7, 11) is -3.83. The average Bonchev–Trinajstić information content (AvgIpc) is 2.90. The number of anilines is 1. The number of amides is 2. The van der Waals surface area contributed by atoms with Crippen LogP contribution < -0.4 is 9.62 Å². The molecule has 0 unspecified atom stereocenters. The van der Waals surface area contributed by atoms with Crippen LogP contribution in [0.1, 0.15) is 31.4 Å². The second-order valence-corrected chi connectivity index (χ2v) is 13.1. The van der Waals surface area contributed by atoms with Gasteiger partial charge in [0.15, 0.2) is 0 Å². The number of carbonyl (C=O) groups excluding carboxylic acids is 2. The summed E-state index contributed by atoms with van der Waals surface area (Å²) in [6.07, 6.45) is 2.07. The topological polar surface area (TPSA) is 86.8 Å². The van der Waals surface area contributed by atoms with Gasteiger partial charge in [-0.2, -0.15) is 0 Å². The van der Waals surface area contributed by atoms with E-state index in [0.29, 0.717) is 10.2 Å². The first kappa shape index (κ1) is 30.8. The minimum Gasteiger partial charge on any atom is -0.352 e. The Morgan fingerprint density at radius 2 is 1.51 bits per heavy atom. The van der Waals surface area contributed by atoms with Gasteiger partial charge in [-0.1, -0.05) is 77.5 Å². The first-order chi connectivity index (χ1) is 18.5. The lowest BCUT2D eigenvalue weighted by atomic mass is 10.0. The lowest BCUT2D eigenvalue weighted by Crippen LogP contribution is -2.54. The number of carbonyl (C=O) groups is 2. The fourth-order valence-corrected chi connectivity index (χ4v) is 5.77. The standard InChI is InChI=1S/C29H33Br2N3O4S/c1-4-21(2)32-29(36)27(18-22-10-6-5-7-11-22)33(19-23-14-16-24(30)17-15-23)28(35)20-34(39(3,37)38)26-13-9-8-12-25(26)31/h5-17,21,27H,4,18-20H2,1-3H3,(H,32,36)/t21-,27-/m0/s1. The second-order valence-electron chi connectivity index (χ2n) is 9.39. The maximum absolute atomic E-state index is 14.1. The monoisotopic (exact) mass is 677 g/mol. The fourth-order valence-electron chi connectivity index (χ4n) is 4.03. The number of benzene rings is 3. The van der Waals surface area contributed by atoms with Gasteiger partial charge in [0.05, 0.1) is 11.9 Å². The van der Waals surface area contributed by atoms with E-state index in [1.54, 1.807) is 24.3 Å². The molecule has 1 N–H and O–H groups in total.